The van der Waals surface area contributed by atoms with Crippen LogP contribution in [0.2, 0.25) is 0 Å². The van der Waals surface area contributed by atoms with Crippen LogP contribution in [0.15, 0.2) is 24.3 Å². The summed E-state index contributed by atoms with van der Waals surface area (Å²) in [5.74, 6) is -0.121. The van der Waals surface area contributed by atoms with Crippen LogP contribution in [-0.2, 0) is 0 Å². The fraction of sp³-hybridized carbons (Fsp3) is 0.556. The van der Waals surface area contributed by atoms with Gasteiger partial charge in [-0.25, -0.2) is 4.79 Å². The molecule has 0 unspecified atom stereocenters. The summed E-state index contributed by atoms with van der Waals surface area (Å²) in [4.78, 5) is 22.5. The Morgan fingerprint density at radius 1 is 1.17 bits per heavy atom. The first-order valence-corrected chi connectivity index (χ1v) is 8.46. The van der Waals surface area contributed by atoms with Gasteiger partial charge in [-0.1, -0.05) is 38.8 Å². The van der Waals surface area contributed by atoms with Crippen LogP contribution in [0.1, 0.15) is 56.3 Å². The molecule has 1 aromatic carbocycles. The fourth-order valence-electron chi connectivity index (χ4n) is 2.73. The molecular formula is C18H28N2O4. The minimum atomic E-state index is -1.13. The Morgan fingerprint density at radius 3 is 2.42 bits per heavy atom. The number of carboxylic acid groups (broad SMARTS) is 1. The van der Waals surface area contributed by atoms with Gasteiger partial charge in [-0.2, -0.15) is 0 Å². The summed E-state index contributed by atoms with van der Waals surface area (Å²) in [6.07, 6.45) is 2.26. The molecule has 0 aliphatic heterocycles. The maximum Gasteiger partial charge on any atom is 0.404 e. The molecular weight excluding hydrogens is 308 g/mol. The third kappa shape index (κ3) is 7.00. The number of aliphatic hydroxyl groups is 1. The van der Waals surface area contributed by atoms with Crippen LogP contribution in [0.5, 0.6) is 0 Å². The Bertz CT molecular complexity index is 540. The van der Waals surface area contributed by atoms with E-state index < -0.39 is 11.7 Å². The molecule has 0 fully saturated rings. The number of carbonyl (C=O) groups is 2. The van der Waals surface area contributed by atoms with Gasteiger partial charge in [0.1, 0.15) is 0 Å². The Balaban J connectivity index is 2.64. The normalized spacial score (nSPS) is 11.1. The van der Waals surface area contributed by atoms with E-state index in [0.717, 1.165) is 31.4 Å². The summed E-state index contributed by atoms with van der Waals surface area (Å²) in [7, 11) is 0. The Morgan fingerprint density at radius 2 is 1.83 bits per heavy atom. The largest absolute Gasteiger partial charge is 0.465 e. The van der Waals surface area contributed by atoms with E-state index >= 15 is 0 Å². The number of hydrogen-bond donors (Lipinski definition) is 4. The van der Waals surface area contributed by atoms with Crippen molar-refractivity contribution in [1.29, 1.82) is 0 Å². The van der Waals surface area contributed by atoms with Crippen molar-refractivity contribution in [2.75, 3.05) is 18.4 Å². The van der Waals surface area contributed by atoms with Gasteiger partial charge in [-0.05, 0) is 25.0 Å². The molecule has 6 heteroatoms. The quantitative estimate of drug-likeness (QED) is 0.465. The lowest BCUT2D eigenvalue weighted by Gasteiger charge is -2.28. The molecule has 1 amide bonds. The van der Waals surface area contributed by atoms with Crippen molar-refractivity contribution >= 4 is 17.6 Å². The van der Waals surface area contributed by atoms with E-state index in [1.165, 1.54) is 0 Å². The summed E-state index contributed by atoms with van der Waals surface area (Å²) in [5.41, 5.74) is 0.564. The van der Waals surface area contributed by atoms with Gasteiger partial charge in [-0.15, -0.1) is 0 Å². The first kappa shape index (κ1) is 20.0. The first-order valence-electron chi connectivity index (χ1n) is 8.46. The van der Waals surface area contributed by atoms with Crippen LogP contribution in [0.4, 0.5) is 10.5 Å². The number of nitrogens with one attached hydrogen (secondary N) is 2. The predicted molar refractivity (Wildman–Crippen MR) is 94.7 cm³/mol. The Labute approximate surface area is 143 Å². The van der Waals surface area contributed by atoms with Gasteiger partial charge in [0.25, 0.3) is 0 Å². The lowest BCUT2D eigenvalue weighted by molar-refractivity contribution is 0.0344. The number of ketones is 1. The highest BCUT2D eigenvalue weighted by molar-refractivity contribution is 5.97. The van der Waals surface area contributed by atoms with Crippen LogP contribution < -0.4 is 10.6 Å². The lowest BCUT2D eigenvalue weighted by Crippen LogP contribution is -2.36. The Kier molecular flexibility index (Phi) is 8.26. The number of hydrogen-bond acceptors (Lipinski definition) is 4. The second kappa shape index (κ2) is 9.93. The average Bonchev–Trinajstić information content (AvgIpc) is 2.53. The Hall–Kier alpha value is -2.08. The van der Waals surface area contributed by atoms with Crippen molar-refractivity contribution in [1.82, 2.24) is 5.32 Å². The summed E-state index contributed by atoms with van der Waals surface area (Å²) in [6, 6.07) is 7.07. The van der Waals surface area contributed by atoms with Crippen molar-refractivity contribution in [3.05, 3.63) is 29.8 Å². The van der Waals surface area contributed by atoms with Crippen LogP contribution in [0.3, 0.4) is 0 Å². The number of carbonyl (C=O) groups excluding carboxylic acids is 1. The molecule has 1 rings (SSSR count). The number of anilines is 1. The van der Waals surface area contributed by atoms with Gasteiger partial charge < -0.3 is 20.8 Å². The van der Waals surface area contributed by atoms with Crippen molar-refractivity contribution in [3.63, 3.8) is 0 Å². The van der Waals surface area contributed by atoms with Crippen LogP contribution >= 0.6 is 0 Å². The monoisotopic (exact) mass is 336 g/mol. The first-order chi connectivity index (χ1) is 11.4. The predicted octanol–water partition coefficient (Wildman–Crippen LogP) is 3.27. The second-order valence-corrected chi connectivity index (χ2v) is 6.06. The molecule has 1 aromatic rings. The summed E-state index contributed by atoms with van der Waals surface area (Å²) >= 11 is 0. The molecule has 0 aromatic heterocycles. The van der Waals surface area contributed by atoms with Gasteiger partial charge in [-0.3, -0.25) is 4.79 Å². The van der Waals surface area contributed by atoms with Crippen molar-refractivity contribution < 1.29 is 19.8 Å². The molecule has 134 valence electrons. The standard InChI is InChI=1S/C18H28N2O4/c1-3-9-18(24,10-4-2)13-20-15-7-5-6-14(12-15)16(21)8-11-19-17(22)23/h5-7,12,19-20,24H,3-4,8-11,13H2,1-2H3,(H,22,23). The highest BCUT2D eigenvalue weighted by Crippen LogP contribution is 2.21. The van der Waals surface area contributed by atoms with Crippen LogP contribution in [0.25, 0.3) is 0 Å². The van der Waals surface area contributed by atoms with Gasteiger partial charge in [0.2, 0.25) is 0 Å². The van der Waals surface area contributed by atoms with Gasteiger partial charge in [0.05, 0.1) is 5.60 Å². The number of Topliss-reactive ketones (excluding diaryl/α,β-unsaturated/α-hetero) is 1. The van der Waals surface area contributed by atoms with Gasteiger partial charge >= 0.3 is 6.09 Å². The minimum Gasteiger partial charge on any atom is -0.465 e. The van der Waals surface area contributed by atoms with E-state index in [9.17, 15) is 14.7 Å². The average molecular weight is 336 g/mol. The number of benzene rings is 1. The smallest absolute Gasteiger partial charge is 0.404 e. The van der Waals surface area contributed by atoms with Gasteiger partial charge in [0.15, 0.2) is 5.78 Å². The number of rotatable bonds is 11. The molecule has 24 heavy (non-hydrogen) atoms. The molecule has 0 radical (unpaired) electrons. The maximum absolute atomic E-state index is 12.1. The van der Waals surface area contributed by atoms with Gasteiger partial charge in [0, 0.05) is 30.8 Å². The number of amides is 1. The molecule has 0 aliphatic carbocycles. The molecule has 0 saturated carbocycles. The van der Waals surface area contributed by atoms with E-state index in [-0.39, 0.29) is 18.7 Å². The second-order valence-electron chi connectivity index (χ2n) is 6.06. The third-order valence-corrected chi connectivity index (χ3v) is 3.87. The zero-order valence-electron chi connectivity index (χ0n) is 14.5. The van der Waals surface area contributed by atoms with E-state index in [1.807, 2.05) is 19.9 Å². The highest BCUT2D eigenvalue weighted by Gasteiger charge is 2.24. The molecule has 6 nitrogen and oxygen atoms in total. The topological polar surface area (TPSA) is 98.7 Å². The van der Waals surface area contributed by atoms with Crippen molar-refractivity contribution in [2.45, 2.75) is 51.6 Å². The molecule has 0 bridgehead atoms. The summed E-state index contributed by atoms with van der Waals surface area (Å²) < 4.78 is 0. The van der Waals surface area contributed by atoms with E-state index in [0.29, 0.717) is 12.1 Å². The molecule has 0 spiro atoms. The van der Waals surface area contributed by atoms with Crippen molar-refractivity contribution in [2.24, 2.45) is 0 Å². The SMILES string of the molecule is CCCC(O)(CCC)CNc1cccc(C(=O)CCNC(=O)O)c1. The minimum absolute atomic E-state index is 0.0958. The maximum atomic E-state index is 12.1. The highest BCUT2D eigenvalue weighted by atomic mass is 16.4. The summed E-state index contributed by atoms with van der Waals surface area (Å²) in [5, 5.41) is 24.5. The van der Waals surface area contributed by atoms with Crippen LogP contribution in [-0.4, -0.2) is 40.8 Å². The van der Waals surface area contributed by atoms with E-state index in [1.54, 1.807) is 18.2 Å². The van der Waals surface area contributed by atoms with E-state index in [4.69, 9.17) is 5.11 Å². The van der Waals surface area contributed by atoms with E-state index in [2.05, 4.69) is 10.6 Å². The molecule has 0 atom stereocenters. The van der Waals surface area contributed by atoms with Crippen molar-refractivity contribution in [3.8, 4) is 0 Å². The fourth-order valence-corrected chi connectivity index (χ4v) is 2.73. The zero-order valence-corrected chi connectivity index (χ0v) is 14.5. The molecule has 0 saturated heterocycles. The molecule has 0 heterocycles. The zero-order chi connectivity index (χ0) is 18.0. The molecule has 4 N–H and O–H groups in total. The van der Waals surface area contributed by atoms with Crippen LogP contribution in [0, 0.1) is 0 Å². The summed E-state index contributed by atoms with van der Waals surface area (Å²) in [6.45, 7) is 4.63. The third-order valence-electron chi connectivity index (χ3n) is 3.87. The lowest BCUT2D eigenvalue weighted by atomic mass is 9.92. The molecule has 0 aliphatic rings.